The van der Waals surface area contributed by atoms with Gasteiger partial charge in [-0.3, -0.25) is 9.59 Å². The lowest BCUT2D eigenvalue weighted by molar-refractivity contribution is -0.153. The molecule has 1 fully saturated rings. The first-order valence-corrected chi connectivity index (χ1v) is 7.00. The first-order chi connectivity index (χ1) is 9.95. The Morgan fingerprint density at radius 3 is 2.76 bits per heavy atom. The fraction of sp³-hybridized carbons (Fsp3) is 0.533. The molecule has 1 amide bonds. The van der Waals surface area contributed by atoms with Gasteiger partial charge in [0.15, 0.2) is 0 Å². The fourth-order valence-corrected chi connectivity index (χ4v) is 2.84. The van der Waals surface area contributed by atoms with Crippen LogP contribution in [0.2, 0.25) is 0 Å². The second kappa shape index (κ2) is 6.11. The Hall–Kier alpha value is -2.11. The Kier molecular flexibility index (Phi) is 4.45. The molecule has 2 rings (SSSR count). The first kappa shape index (κ1) is 15.3. The van der Waals surface area contributed by atoms with E-state index in [0.717, 1.165) is 0 Å². The molecule has 1 aliphatic rings. The monoisotopic (exact) mass is 292 g/mol. The van der Waals surface area contributed by atoms with E-state index in [9.17, 15) is 14.7 Å². The van der Waals surface area contributed by atoms with Crippen molar-refractivity contribution in [3.8, 4) is 5.88 Å². The topological polar surface area (TPSA) is 79.7 Å². The van der Waals surface area contributed by atoms with Gasteiger partial charge in [-0.15, -0.1) is 0 Å². The number of hydrogen-bond acceptors (Lipinski definition) is 4. The van der Waals surface area contributed by atoms with Crippen molar-refractivity contribution in [2.75, 3.05) is 7.11 Å². The number of piperidine rings is 1. The van der Waals surface area contributed by atoms with Crippen LogP contribution in [0.15, 0.2) is 18.2 Å². The van der Waals surface area contributed by atoms with Crippen LogP contribution in [0.3, 0.4) is 0 Å². The van der Waals surface area contributed by atoms with E-state index in [2.05, 4.69) is 4.98 Å². The number of carboxylic acids is 1. The molecular weight excluding hydrogens is 272 g/mol. The van der Waals surface area contributed by atoms with Crippen LogP contribution in [0, 0.1) is 5.92 Å². The predicted octanol–water partition coefficient (Wildman–Crippen LogP) is 1.86. The minimum atomic E-state index is -0.900. The Morgan fingerprint density at radius 2 is 2.19 bits per heavy atom. The minimum Gasteiger partial charge on any atom is -0.481 e. The summed E-state index contributed by atoms with van der Waals surface area (Å²) < 4.78 is 5.10. The van der Waals surface area contributed by atoms with E-state index >= 15 is 0 Å². The number of nitrogens with zero attached hydrogens (tertiary/aromatic N) is 2. The van der Waals surface area contributed by atoms with Crippen LogP contribution < -0.4 is 4.74 Å². The SMILES string of the molecule is COc1cccc(C2C(C(=O)O)CCC(=O)N2C(C)C)n1. The van der Waals surface area contributed by atoms with E-state index in [-0.39, 0.29) is 18.4 Å². The molecule has 0 aliphatic carbocycles. The average molecular weight is 292 g/mol. The van der Waals surface area contributed by atoms with E-state index in [1.807, 2.05) is 13.8 Å². The number of likely N-dealkylation sites (tertiary alicyclic amines) is 1. The Balaban J connectivity index is 2.48. The van der Waals surface area contributed by atoms with Crippen molar-refractivity contribution in [3.05, 3.63) is 23.9 Å². The molecule has 21 heavy (non-hydrogen) atoms. The number of pyridine rings is 1. The summed E-state index contributed by atoms with van der Waals surface area (Å²) >= 11 is 0. The number of aliphatic carboxylic acids is 1. The van der Waals surface area contributed by atoms with Gasteiger partial charge in [-0.05, 0) is 26.3 Å². The lowest BCUT2D eigenvalue weighted by atomic mass is 9.85. The van der Waals surface area contributed by atoms with Gasteiger partial charge in [0.05, 0.1) is 24.8 Å². The number of methoxy groups -OCH3 is 1. The molecule has 2 unspecified atom stereocenters. The summed E-state index contributed by atoms with van der Waals surface area (Å²) in [6, 6.07) is 4.56. The number of aromatic nitrogens is 1. The highest BCUT2D eigenvalue weighted by atomic mass is 16.5. The Labute approximate surface area is 123 Å². The smallest absolute Gasteiger partial charge is 0.309 e. The van der Waals surface area contributed by atoms with E-state index in [1.165, 1.54) is 7.11 Å². The number of hydrogen-bond donors (Lipinski definition) is 1. The third-order valence-corrected chi connectivity index (χ3v) is 3.77. The molecule has 2 heterocycles. The third kappa shape index (κ3) is 2.99. The molecule has 6 nitrogen and oxygen atoms in total. The van der Waals surface area contributed by atoms with Gasteiger partial charge in [0, 0.05) is 18.5 Å². The van der Waals surface area contributed by atoms with E-state index in [0.29, 0.717) is 18.0 Å². The molecule has 0 bridgehead atoms. The fourth-order valence-electron chi connectivity index (χ4n) is 2.84. The molecule has 1 aromatic rings. The number of carbonyl (C=O) groups is 2. The van der Waals surface area contributed by atoms with Crippen molar-refractivity contribution >= 4 is 11.9 Å². The summed E-state index contributed by atoms with van der Waals surface area (Å²) in [7, 11) is 1.51. The zero-order valence-electron chi connectivity index (χ0n) is 12.4. The van der Waals surface area contributed by atoms with E-state index in [4.69, 9.17) is 4.74 Å². The van der Waals surface area contributed by atoms with Gasteiger partial charge >= 0.3 is 5.97 Å². The Bertz CT molecular complexity index is 544. The predicted molar refractivity (Wildman–Crippen MR) is 75.9 cm³/mol. The van der Waals surface area contributed by atoms with Crippen LogP contribution in [0.4, 0.5) is 0 Å². The normalized spacial score (nSPS) is 22.5. The van der Waals surface area contributed by atoms with Gasteiger partial charge in [0.2, 0.25) is 11.8 Å². The summed E-state index contributed by atoms with van der Waals surface area (Å²) in [5, 5.41) is 9.49. The lowest BCUT2D eigenvalue weighted by Crippen LogP contribution is -2.48. The van der Waals surface area contributed by atoms with Crippen molar-refractivity contribution in [2.24, 2.45) is 5.92 Å². The van der Waals surface area contributed by atoms with Crippen LogP contribution in [0.25, 0.3) is 0 Å². The molecule has 1 N–H and O–H groups in total. The van der Waals surface area contributed by atoms with E-state index in [1.54, 1.807) is 23.1 Å². The van der Waals surface area contributed by atoms with Crippen LogP contribution in [0.1, 0.15) is 38.4 Å². The van der Waals surface area contributed by atoms with Gasteiger partial charge < -0.3 is 14.7 Å². The van der Waals surface area contributed by atoms with Crippen LogP contribution in [0.5, 0.6) is 5.88 Å². The van der Waals surface area contributed by atoms with Gasteiger partial charge in [-0.25, -0.2) is 4.98 Å². The van der Waals surface area contributed by atoms with Crippen molar-refractivity contribution in [3.63, 3.8) is 0 Å². The molecule has 0 saturated carbocycles. The number of rotatable bonds is 4. The average Bonchev–Trinajstić information content (AvgIpc) is 2.46. The number of carbonyl (C=O) groups excluding carboxylic acids is 1. The molecule has 114 valence electrons. The molecule has 0 aromatic carbocycles. The molecule has 0 spiro atoms. The third-order valence-electron chi connectivity index (χ3n) is 3.77. The van der Waals surface area contributed by atoms with Crippen LogP contribution in [-0.2, 0) is 9.59 Å². The maximum absolute atomic E-state index is 12.2. The molecule has 6 heteroatoms. The molecular formula is C15H20N2O4. The van der Waals surface area contributed by atoms with Crippen molar-refractivity contribution in [1.29, 1.82) is 0 Å². The summed E-state index contributed by atoms with van der Waals surface area (Å²) in [5.41, 5.74) is 0.559. The largest absolute Gasteiger partial charge is 0.481 e. The standard InChI is InChI=1S/C15H20N2O4/c1-9(2)17-13(18)8-7-10(15(19)20)14(17)11-5-4-6-12(16-11)21-3/h4-6,9-10,14H,7-8H2,1-3H3,(H,19,20). The minimum absolute atomic E-state index is 0.0304. The van der Waals surface area contributed by atoms with Gasteiger partial charge in [-0.1, -0.05) is 6.07 Å². The van der Waals surface area contributed by atoms with Crippen molar-refractivity contribution in [1.82, 2.24) is 9.88 Å². The zero-order chi connectivity index (χ0) is 15.6. The van der Waals surface area contributed by atoms with Gasteiger partial charge in [0.25, 0.3) is 0 Å². The summed E-state index contributed by atoms with van der Waals surface area (Å²) in [6.45, 7) is 3.77. The maximum atomic E-state index is 12.2. The highest BCUT2D eigenvalue weighted by molar-refractivity contribution is 5.81. The van der Waals surface area contributed by atoms with Gasteiger partial charge in [0.1, 0.15) is 0 Å². The zero-order valence-corrected chi connectivity index (χ0v) is 12.4. The second-order valence-corrected chi connectivity index (χ2v) is 5.43. The Morgan fingerprint density at radius 1 is 1.48 bits per heavy atom. The molecule has 1 aliphatic heterocycles. The highest BCUT2D eigenvalue weighted by Gasteiger charge is 2.42. The molecule has 1 aromatic heterocycles. The van der Waals surface area contributed by atoms with Crippen LogP contribution >= 0.6 is 0 Å². The second-order valence-electron chi connectivity index (χ2n) is 5.43. The van der Waals surface area contributed by atoms with Crippen molar-refractivity contribution < 1.29 is 19.4 Å². The summed E-state index contributed by atoms with van der Waals surface area (Å²) in [6.07, 6.45) is 0.594. The maximum Gasteiger partial charge on any atom is 0.309 e. The van der Waals surface area contributed by atoms with Crippen LogP contribution in [-0.4, -0.2) is 40.0 Å². The van der Waals surface area contributed by atoms with Gasteiger partial charge in [-0.2, -0.15) is 0 Å². The molecule has 1 saturated heterocycles. The number of amides is 1. The number of carboxylic acid groups (broad SMARTS) is 1. The highest BCUT2D eigenvalue weighted by Crippen LogP contribution is 2.37. The quantitative estimate of drug-likeness (QED) is 0.916. The summed E-state index contributed by atoms with van der Waals surface area (Å²) in [5.74, 6) is -1.16. The summed E-state index contributed by atoms with van der Waals surface area (Å²) in [4.78, 5) is 29.8. The van der Waals surface area contributed by atoms with E-state index < -0.39 is 17.9 Å². The number of ether oxygens (including phenoxy) is 1. The molecule has 0 radical (unpaired) electrons. The molecule has 2 atom stereocenters. The lowest BCUT2D eigenvalue weighted by Gasteiger charge is -2.41. The van der Waals surface area contributed by atoms with Crippen molar-refractivity contribution in [2.45, 2.75) is 38.8 Å². The first-order valence-electron chi connectivity index (χ1n) is 7.00.